The first-order valence-electron chi connectivity index (χ1n) is 6.48. The molecule has 2 aromatic heterocycles. The molecule has 0 unspecified atom stereocenters. The molecule has 0 atom stereocenters. The highest BCUT2D eigenvalue weighted by atomic mass is 35.5. The van der Waals surface area contributed by atoms with E-state index in [1.165, 1.54) is 6.33 Å². The second kappa shape index (κ2) is 5.55. The summed E-state index contributed by atoms with van der Waals surface area (Å²) >= 11 is 7.27. The average Bonchev–Trinajstić information content (AvgIpc) is 2.82. The molecule has 0 saturated carbocycles. The van der Waals surface area contributed by atoms with Gasteiger partial charge in [0.2, 0.25) is 0 Å². The van der Waals surface area contributed by atoms with E-state index in [2.05, 4.69) is 15.3 Å². The lowest BCUT2D eigenvalue weighted by Crippen LogP contribution is -1.98. The number of halogens is 1. The molecule has 1 aromatic carbocycles. The van der Waals surface area contributed by atoms with Crippen LogP contribution in [0.4, 0.5) is 11.5 Å². The van der Waals surface area contributed by atoms with Crippen LogP contribution in [0.15, 0.2) is 24.5 Å². The van der Waals surface area contributed by atoms with Crippen LogP contribution < -0.4 is 5.32 Å². The van der Waals surface area contributed by atoms with Gasteiger partial charge in [-0.15, -0.1) is 11.3 Å². The predicted octanol–water partition coefficient (Wildman–Crippen LogP) is 4.40. The zero-order chi connectivity index (χ0) is 15.9. The molecule has 0 amide bonds. The van der Waals surface area contributed by atoms with Gasteiger partial charge in [0, 0.05) is 10.7 Å². The monoisotopic (exact) mass is 333 g/mol. The van der Waals surface area contributed by atoms with E-state index in [4.69, 9.17) is 11.6 Å². The Kier molecular flexibility index (Phi) is 3.72. The Morgan fingerprint density at radius 1 is 1.27 bits per heavy atom. The number of hydrogen-bond donors (Lipinski definition) is 2. The maximum atomic E-state index is 11.3. The summed E-state index contributed by atoms with van der Waals surface area (Å²) < 4.78 is 0. The number of nitrogens with one attached hydrogen (secondary N) is 1. The number of aromatic carboxylic acids is 1. The molecule has 2 heterocycles. The standard InChI is InChI=1S/C15H12ClN3O2S/c1-7-9(16)4-3-5-10(7)19-13-11-8(2)12(15(20)21)22-14(11)18-6-17-13/h3-6H,1-2H3,(H,20,21)(H,17,18,19). The van der Waals surface area contributed by atoms with Crippen molar-refractivity contribution in [2.75, 3.05) is 5.32 Å². The van der Waals surface area contributed by atoms with E-state index in [1.807, 2.05) is 25.1 Å². The van der Waals surface area contributed by atoms with Crippen molar-refractivity contribution in [1.29, 1.82) is 0 Å². The number of fused-ring (bicyclic) bond motifs is 1. The van der Waals surface area contributed by atoms with E-state index in [-0.39, 0.29) is 4.88 Å². The minimum Gasteiger partial charge on any atom is -0.477 e. The summed E-state index contributed by atoms with van der Waals surface area (Å²) in [6, 6.07) is 5.56. The Hall–Kier alpha value is -2.18. The van der Waals surface area contributed by atoms with E-state index in [1.54, 1.807) is 6.92 Å². The van der Waals surface area contributed by atoms with E-state index in [0.717, 1.165) is 28.0 Å². The number of carbonyl (C=O) groups is 1. The number of benzene rings is 1. The molecule has 3 rings (SSSR count). The molecule has 0 bridgehead atoms. The fourth-order valence-corrected chi connectivity index (χ4v) is 3.40. The molecule has 22 heavy (non-hydrogen) atoms. The summed E-state index contributed by atoms with van der Waals surface area (Å²) in [5.41, 5.74) is 2.40. The van der Waals surface area contributed by atoms with Crippen molar-refractivity contribution >= 4 is 50.6 Å². The fraction of sp³-hybridized carbons (Fsp3) is 0.133. The lowest BCUT2D eigenvalue weighted by atomic mass is 10.1. The summed E-state index contributed by atoms with van der Waals surface area (Å²) in [4.78, 5) is 20.6. The number of thiophene rings is 1. The molecule has 0 radical (unpaired) electrons. The highest BCUT2D eigenvalue weighted by Gasteiger charge is 2.19. The van der Waals surface area contributed by atoms with Gasteiger partial charge in [-0.3, -0.25) is 0 Å². The van der Waals surface area contributed by atoms with E-state index < -0.39 is 5.97 Å². The van der Waals surface area contributed by atoms with Gasteiger partial charge in [-0.2, -0.15) is 0 Å². The van der Waals surface area contributed by atoms with Crippen LogP contribution in [-0.4, -0.2) is 21.0 Å². The quantitative estimate of drug-likeness (QED) is 0.742. The van der Waals surface area contributed by atoms with Crippen molar-refractivity contribution in [2.45, 2.75) is 13.8 Å². The van der Waals surface area contributed by atoms with Crippen molar-refractivity contribution < 1.29 is 9.90 Å². The number of hydrogen-bond acceptors (Lipinski definition) is 5. The van der Waals surface area contributed by atoms with E-state index >= 15 is 0 Å². The third-order valence-corrected chi connectivity index (χ3v) is 5.04. The van der Waals surface area contributed by atoms with Gasteiger partial charge in [-0.25, -0.2) is 14.8 Å². The highest BCUT2D eigenvalue weighted by molar-refractivity contribution is 7.20. The van der Waals surface area contributed by atoms with Crippen molar-refractivity contribution in [3.05, 3.63) is 45.6 Å². The highest BCUT2D eigenvalue weighted by Crippen LogP contribution is 2.35. The summed E-state index contributed by atoms with van der Waals surface area (Å²) in [6.07, 6.45) is 1.42. The van der Waals surface area contributed by atoms with Gasteiger partial charge in [0.25, 0.3) is 0 Å². The van der Waals surface area contributed by atoms with Crippen LogP contribution in [0.25, 0.3) is 10.2 Å². The Morgan fingerprint density at radius 2 is 2.05 bits per heavy atom. The van der Waals surface area contributed by atoms with Crippen LogP contribution in [0.2, 0.25) is 5.02 Å². The number of anilines is 2. The number of aryl methyl sites for hydroxylation is 1. The second-order valence-electron chi connectivity index (χ2n) is 4.80. The van der Waals surface area contributed by atoms with Crippen LogP contribution in [0.3, 0.4) is 0 Å². The van der Waals surface area contributed by atoms with Gasteiger partial charge in [0.15, 0.2) is 0 Å². The lowest BCUT2D eigenvalue weighted by molar-refractivity contribution is 0.0701. The zero-order valence-electron chi connectivity index (χ0n) is 11.8. The smallest absolute Gasteiger partial charge is 0.346 e. The third-order valence-electron chi connectivity index (χ3n) is 3.44. The zero-order valence-corrected chi connectivity index (χ0v) is 13.4. The first-order valence-corrected chi connectivity index (χ1v) is 7.68. The van der Waals surface area contributed by atoms with Gasteiger partial charge in [0.05, 0.1) is 5.39 Å². The number of nitrogens with zero attached hydrogens (tertiary/aromatic N) is 2. The first kappa shape index (κ1) is 14.7. The Morgan fingerprint density at radius 3 is 2.77 bits per heavy atom. The fourth-order valence-electron chi connectivity index (χ4n) is 2.24. The van der Waals surface area contributed by atoms with Crippen LogP contribution in [0.1, 0.15) is 20.8 Å². The molecular formula is C15H12ClN3O2S. The summed E-state index contributed by atoms with van der Waals surface area (Å²) in [5, 5.41) is 13.9. The number of aromatic nitrogens is 2. The minimum absolute atomic E-state index is 0.279. The normalized spacial score (nSPS) is 10.9. The van der Waals surface area contributed by atoms with Gasteiger partial charge in [0.1, 0.15) is 21.9 Å². The van der Waals surface area contributed by atoms with Crippen LogP contribution in [0.5, 0.6) is 0 Å². The Balaban J connectivity index is 2.15. The van der Waals surface area contributed by atoms with Crippen molar-refractivity contribution in [3.63, 3.8) is 0 Å². The number of carboxylic acids is 1. The third kappa shape index (κ3) is 2.40. The van der Waals surface area contributed by atoms with Crippen molar-refractivity contribution in [3.8, 4) is 0 Å². The molecule has 0 aliphatic heterocycles. The lowest BCUT2D eigenvalue weighted by Gasteiger charge is -2.11. The largest absolute Gasteiger partial charge is 0.477 e. The summed E-state index contributed by atoms with van der Waals surface area (Å²) in [6.45, 7) is 3.67. The summed E-state index contributed by atoms with van der Waals surface area (Å²) in [7, 11) is 0. The van der Waals surface area contributed by atoms with Gasteiger partial charge >= 0.3 is 5.97 Å². The number of carboxylic acid groups (broad SMARTS) is 1. The van der Waals surface area contributed by atoms with Crippen molar-refractivity contribution in [1.82, 2.24) is 9.97 Å². The SMILES string of the molecule is Cc1c(Cl)cccc1Nc1ncnc2sc(C(=O)O)c(C)c12. The van der Waals surface area contributed by atoms with Gasteiger partial charge in [-0.05, 0) is 37.1 Å². The van der Waals surface area contributed by atoms with E-state index in [9.17, 15) is 9.90 Å². The predicted molar refractivity (Wildman–Crippen MR) is 88.6 cm³/mol. The molecule has 0 aliphatic rings. The maximum Gasteiger partial charge on any atom is 0.346 e. The molecule has 112 valence electrons. The molecule has 0 saturated heterocycles. The van der Waals surface area contributed by atoms with Gasteiger partial charge in [-0.1, -0.05) is 17.7 Å². The molecule has 5 nitrogen and oxygen atoms in total. The van der Waals surface area contributed by atoms with E-state index in [0.29, 0.717) is 21.2 Å². The Bertz CT molecular complexity index is 892. The topological polar surface area (TPSA) is 75.1 Å². The van der Waals surface area contributed by atoms with Crippen LogP contribution in [0, 0.1) is 13.8 Å². The van der Waals surface area contributed by atoms with Gasteiger partial charge < -0.3 is 10.4 Å². The molecule has 3 aromatic rings. The molecular weight excluding hydrogens is 322 g/mol. The molecule has 0 spiro atoms. The number of rotatable bonds is 3. The van der Waals surface area contributed by atoms with Crippen molar-refractivity contribution in [2.24, 2.45) is 0 Å². The molecule has 0 aliphatic carbocycles. The maximum absolute atomic E-state index is 11.3. The molecule has 0 fully saturated rings. The van der Waals surface area contributed by atoms with Crippen LogP contribution >= 0.6 is 22.9 Å². The molecule has 7 heteroatoms. The Labute approximate surface area is 135 Å². The average molecular weight is 334 g/mol. The van der Waals surface area contributed by atoms with Crippen LogP contribution in [-0.2, 0) is 0 Å². The summed E-state index contributed by atoms with van der Waals surface area (Å²) in [5.74, 6) is -0.373. The second-order valence-corrected chi connectivity index (χ2v) is 6.21. The molecule has 2 N–H and O–H groups in total. The minimum atomic E-state index is -0.953. The first-order chi connectivity index (χ1) is 10.5.